The number of carbonyl (C=O) groups is 3. The fourth-order valence-corrected chi connectivity index (χ4v) is 0.637. The summed E-state index contributed by atoms with van der Waals surface area (Å²) in [6.07, 6.45) is 0.542. The van der Waals surface area contributed by atoms with E-state index in [2.05, 4.69) is 4.74 Å². The lowest BCUT2D eigenvalue weighted by Gasteiger charge is -2.01. The predicted octanol–water partition coefficient (Wildman–Crippen LogP) is 0.149. The number of aliphatic carboxylic acids is 1. The standard InChI is InChI=1S/C8H10O5/c1-3-13-8(12)6(5(2)9)4-7(10)11/h4H,3H2,1-2H3,(H,10,11)/b6-4-. The molecular weight excluding hydrogens is 176 g/mol. The Morgan fingerprint density at radius 3 is 2.23 bits per heavy atom. The third kappa shape index (κ3) is 4.05. The van der Waals surface area contributed by atoms with Crippen molar-refractivity contribution in [3.8, 4) is 0 Å². The number of rotatable bonds is 4. The van der Waals surface area contributed by atoms with Crippen LogP contribution in [0.25, 0.3) is 0 Å². The topological polar surface area (TPSA) is 80.7 Å². The van der Waals surface area contributed by atoms with Gasteiger partial charge in [0.15, 0.2) is 5.78 Å². The van der Waals surface area contributed by atoms with Crippen LogP contribution in [-0.4, -0.2) is 29.4 Å². The van der Waals surface area contributed by atoms with Gasteiger partial charge in [0, 0.05) is 6.08 Å². The largest absolute Gasteiger partial charge is 0.478 e. The minimum atomic E-state index is -1.35. The van der Waals surface area contributed by atoms with Crippen LogP contribution in [0, 0.1) is 0 Å². The van der Waals surface area contributed by atoms with Gasteiger partial charge in [-0.15, -0.1) is 0 Å². The third-order valence-electron chi connectivity index (χ3n) is 1.14. The molecule has 0 radical (unpaired) electrons. The van der Waals surface area contributed by atoms with Crippen molar-refractivity contribution in [3.63, 3.8) is 0 Å². The average Bonchev–Trinajstić information content (AvgIpc) is 1.99. The number of carbonyl (C=O) groups excluding carboxylic acids is 2. The first-order valence-electron chi connectivity index (χ1n) is 3.61. The molecule has 0 saturated heterocycles. The third-order valence-corrected chi connectivity index (χ3v) is 1.14. The van der Waals surface area contributed by atoms with Crippen LogP contribution in [0.1, 0.15) is 13.8 Å². The highest BCUT2D eigenvalue weighted by atomic mass is 16.5. The van der Waals surface area contributed by atoms with E-state index in [1.165, 1.54) is 0 Å². The van der Waals surface area contributed by atoms with Crippen molar-refractivity contribution < 1.29 is 24.2 Å². The molecule has 0 aromatic rings. The van der Waals surface area contributed by atoms with Crippen molar-refractivity contribution in [2.45, 2.75) is 13.8 Å². The first-order chi connectivity index (χ1) is 5.99. The molecule has 5 heteroatoms. The molecule has 0 aromatic carbocycles. The molecule has 0 amide bonds. The second-order valence-electron chi connectivity index (χ2n) is 2.17. The predicted molar refractivity (Wildman–Crippen MR) is 43.0 cm³/mol. The Labute approximate surface area is 75.0 Å². The van der Waals surface area contributed by atoms with Gasteiger partial charge in [0.2, 0.25) is 0 Å². The molecule has 0 heterocycles. The van der Waals surface area contributed by atoms with E-state index in [4.69, 9.17) is 5.11 Å². The molecule has 0 unspecified atom stereocenters. The highest BCUT2D eigenvalue weighted by Crippen LogP contribution is 1.99. The summed E-state index contributed by atoms with van der Waals surface area (Å²) in [6.45, 7) is 2.77. The lowest BCUT2D eigenvalue weighted by molar-refractivity contribution is -0.141. The molecule has 0 aromatic heterocycles. The normalized spacial score (nSPS) is 10.8. The zero-order chi connectivity index (χ0) is 10.4. The number of esters is 1. The SMILES string of the molecule is CCOC(=O)/C(=C\C(=O)O)C(C)=O. The molecule has 0 aliphatic carbocycles. The zero-order valence-electron chi connectivity index (χ0n) is 7.36. The minimum Gasteiger partial charge on any atom is -0.478 e. The average molecular weight is 186 g/mol. The second kappa shape index (κ2) is 5.08. The van der Waals surface area contributed by atoms with Crippen LogP contribution in [-0.2, 0) is 19.1 Å². The zero-order valence-corrected chi connectivity index (χ0v) is 7.36. The molecule has 0 aliphatic heterocycles. The van der Waals surface area contributed by atoms with Gasteiger partial charge >= 0.3 is 11.9 Å². The fraction of sp³-hybridized carbons (Fsp3) is 0.375. The highest BCUT2D eigenvalue weighted by Gasteiger charge is 2.16. The van der Waals surface area contributed by atoms with Crippen LogP contribution < -0.4 is 0 Å². The molecule has 72 valence electrons. The lowest BCUT2D eigenvalue weighted by atomic mass is 10.2. The molecule has 0 rings (SSSR count). The summed E-state index contributed by atoms with van der Waals surface area (Å²) >= 11 is 0. The second-order valence-corrected chi connectivity index (χ2v) is 2.17. The summed E-state index contributed by atoms with van der Waals surface area (Å²) < 4.78 is 4.47. The van der Waals surface area contributed by atoms with Crippen LogP contribution in [0.15, 0.2) is 11.6 Å². The smallest absolute Gasteiger partial charge is 0.342 e. The number of carboxylic acid groups (broad SMARTS) is 1. The quantitative estimate of drug-likeness (QED) is 0.292. The van der Waals surface area contributed by atoms with E-state index in [0.29, 0.717) is 6.08 Å². The van der Waals surface area contributed by atoms with Crippen molar-refractivity contribution in [2.24, 2.45) is 0 Å². The summed E-state index contributed by atoms with van der Waals surface area (Å²) in [5, 5.41) is 8.31. The first-order valence-corrected chi connectivity index (χ1v) is 3.61. The number of ether oxygens (including phenoxy) is 1. The number of ketones is 1. The van der Waals surface area contributed by atoms with Crippen molar-refractivity contribution in [1.82, 2.24) is 0 Å². The van der Waals surface area contributed by atoms with Crippen LogP contribution in [0.4, 0.5) is 0 Å². The van der Waals surface area contributed by atoms with Gasteiger partial charge in [-0.3, -0.25) is 4.79 Å². The molecule has 5 nitrogen and oxygen atoms in total. The summed E-state index contributed by atoms with van der Waals surface area (Å²) in [7, 11) is 0. The maximum absolute atomic E-state index is 10.9. The van der Waals surface area contributed by atoms with Crippen molar-refractivity contribution in [1.29, 1.82) is 0 Å². The van der Waals surface area contributed by atoms with Gasteiger partial charge in [-0.1, -0.05) is 0 Å². The summed E-state index contributed by atoms with van der Waals surface area (Å²) in [4.78, 5) is 31.9. The summed E-state index contributed by atoms with van der Waals surface area (Å²) in [6, 6.07) is 0. The van der Waals surface area contributed by atoms with E-state index in [9.17, 15) is 14.4 Å². The Morgan fingerprint density at radius 1 is 1.38 bits per heavy atom. The van der Waals surface area contributed by atoms with Crippen LogP contribution >= 0.6 is 0 Å². The van der Waals surface area contributed by atoms with E-state index in [0.717, 1.165) is 6.92 Å². The molecule has 0 aliphatic rings. The number of hydrogen-bond donors (Lipinski definition) is 1. The molecule has 0 fully saturated rings. The van der Waals surface area contributed by atoms with E-state index in [-0.39, 0.29) is 6.61 Å². The van der Waals surface area contributed by atoms with Gasteiger partial charge < -0.3 is 9.84 Å². The molecule has 13 heavy (non-hydrogen) atoms. The van der Waals surface area contributed by atoms with E-state index < -0.39 is 23.3 Å². The summed E-state index contributed by atoms with van der Waals surface area (Å²) in [5.74, 6) is -2.88. The number of Topliss-reactive ketones (excluding diaryl/α,β-unsaturated/α-hetero) is 1. The fourth-order valence-electron chi connectivity index (χ4n) is 0.637. The lowest BCUT2D eigenvalue weighted by Crippen LogP contribution is -2.15. The van der Waals surface area contributed by atoms with Crippen molar-refractivity contribution >= 4 is 17.7 Å². The number of hydrogen-bond acceptors (Lipinski definition) is 4. The van der Waals surface area contributed by atoms with E-state index >= 15 is 0 Å². The Morgan fingerprint density at radius 2 is 1.92 bits per heavy atom. The van der Waals surface area contributed by atoms with Gasteiger partial charge in [0.05, 0.1) is 6.61 Å². The van der Waals surface area contributed by atoms with Crippen molar-refractivity contribution in [2.75, 3.05) is 6.61 Å². The maximum Gasteiger partial charge on any atom is 0.342 e. The van der Waals surface area contributed by atoms with Crippen LogP contribution in [0.5, 0.6) is 0 Å². The molecule has 0 spiro atoms. The van der Waals surface area contributed by atoms with Gasteiger partial charge in [-0.05, 0) is 13.8 Å². The Kier molecular flexibility index (Phi) is 4.43. The van der Waals surface area contributed by atoms with Crippen molar-refractivity contribution in [3.05, 3.63) is 11.6 Å². The Bertz CT molecular complexity index is 264. The van der Waals surface area contributed by atoms with Crippen LogP contribution in [0.2, 0.25) is 0 Å². The molecule has 1 N–H and O–H groups in total. The number of carboxylic acids is 1. The minimum absolute atomic E-state index is 0.100. The van der Waals surface area contributed by atoms with Gasteiger partial charge in [-0.25, -0.2) is 9.59 Å². The maximum atomic E-state index is 10.9. The highest BCUT2D eigenvalue weighted by molar-refractivity contribution is 6.18. The molecule has 0 saturated carbocycles. The summed E-state index contributed by atoms with van der Waals surface area (Å²) in [5.41, 5.74) is -0.450. The monoisotopic (exact) mass is 186 g/mol. The molecule has 0 atom stereocenters. The Hall–Kier alpha value is -1.65. The van der Waals surface area contributed by atoms with E-state index in [1.807, 2.05) is 0 Å². The van der Waals surface area contributed by atoms with Gasteiger partial charge in [0.25, 0.3) is 0 Å². The van der Waals surface area contributed by atoms with Crippen LogP contribution in [0.3, 0.4) is 0 Å². The van der Waals surface area contributed by atoms with E-state index in [1.54, 1.807) is 6.92 Å². The first kappa shape index (κ1) is 11.4. The van der Waals surface area contributed by atoms with Gasteiger partial charge in [0.1, 0.15) is 5.57 Å². The Balaban J connectivity index is 4.71. The molecule has 0 bridgehead atoms. The van der Waals surface area contributed by atoms with Gasteiger partial charge in [-0.2, -0.15) is 0 Å². The molecular formula is C8H10O5.